The molecule has 1 N–H and O–H groups in total. The van der Waals surface area contributed by atoms with E-state index >= 15 is 0 Å². The molecule has 0 saturated carbocycles. The molecule has 3 rings (SSSR count). The number of benzene rings is 3. The van der Waals surface area contributed by atoms with Crippen molar-refractivity contribution < 1.29 is 28.2 Å². The Morgan fingerprint density at radius 2 is 1.55 bits per heavy atom. The van der Waals surface area contributed by atoms with E-state index in [4.69, 9.17) is 14.2 Å². The van der Waals surface area contributed by atoms with Crippen LogP contribution in [0.2, 0.25) is 0 Å². The predicted molar refractivity (Wildman–Crippen MR) is 153 cm³/mol. The highest BCUT2D eigenvalue weighted by atomic mass is 19.1. The van der Waals surface area contributed by atoms with E-state index in [0.717, 1.165) is 16.7 Å². The second kappa shape index (κ2) is 15.6. The number of carbonyl (C=O) groups is 2. The van der Waals surface area contributed by atoms with Crippen LogP contribution >= 0.6 is 0 Å². The highest BCUT2D eigenvalue weighted by molar-refractivity contribution is 5.88. The van der Waals surface area contributed by atoms with E-state index in [1.54, 1.807) is 42.3 Å². The smallest absolute Gasteiger partial charge is 0.243 e. The van der Waals surface area contributed by atoms with E-state index < -0.39 is 6.04 Å². The van der Waals surface area contributed by atoms with E-state index in [0.29, 0.717) is 37.5 Å². The van der Waals surface area contributed by atoms with E-state index in [-0.39, 0.29) is 36.7 Å². The minimum atomic E-state index is -0.786. The van der Waals surface area contributed by atoms with Gasteiger partial charge in [0.25, 0.3) is 0 Å². The molecule has 0 aliphatic carbocycles. The maximum atomic E-state index is 13.9. The number of amides is 2. The lowest BCUT2D eigenvalue weighted by Crippen LogP contribution is -2.51. The van der Waals surface area contributed by atoms with Crippen LogP contribution in [0.1, 0.15) is 37.0 Å². The van der Waals surface area contributed by atoms with Gasteiger partial charge in [-0.3, -0.25) is 9.59 Å². The minimum Gasteiger partial charge on any atom is -0.493 e. The van der Waals surface area contributed by atoms with Gasteiger partial charge in [-0.2, -0.15) is 0 Å². The lowest BCUT2D eigenvalue weighted by Gasteiger charge is -2.32. The summed E-state index contributed by atoms with van der Waals surface area (Å²) in [6.45, 7) is 5.02. The Balaban J connectivity index is 1.90. The molecule has 0 saturated heterocycles. The van der Waals surface area contributed by atoms with Crippen molar-refractivity contribution in [3.8, 4) is 11.5 Å². The van der Waals surface area contributed by atoms with Crippen LogP contribution < -0.4 is 14.8 Å². The molecular weight excluding hydrogens is 511 g/mol. The van der Waals surface area contributed by atoms with Crippen molar-refractivity contribution in [2.75, 3.05) is 27.4 Å². The van der Waals surface area contributed by atoms with Crippen LogP contribution in [-0.4, -0.2) is 56.2 Å². The van der Waals surface area contributed by atoms with Crippen molar-refractivity contribution in [1.82, 2.24) is 10.2 Å². The van der Waals surface area contributed by atoms with Gasteiger partial charge in [0.2, 0.25) is 11.8 Å². The van der Waals surface area contributed by atoms with Crippen molar-refractivity contribution in [2.24, 2.45) is 0 Å². The highest BCUT2D eigenvalue weighted by Gasteiger charge is 2.30. The molecule has 3 aromatic carbocycles. The molecule has 0 spiro atoms. The first-order chi connectivity index (χ1) is 19.3. The third-order valence-electron chi connectivity index (χ3n) is 6.41. The fourth-order valence-corrected chi connectivity index (χ4v) is 4.33. The molecule has 7 nitrogen and oxygen atoms in total. The second-order valence-corrected chi connectivity index (χ2v) is 9.78. The van der Waals surface area contributed by atoms with Crippen LogP contribution in [0.3, 0.4) is 0 Å². The molecule has 0 heterocycles. The minimum absolute atomic E-state index is 0.0440. The molecule has 1 atom stereocenters. The monoisotopic (exact) mass is 550 g/mol. The van der Waals surface area contributed by atoms with Gasteiger partial charge in [0.15, 0.2) is 11.5 Å². The number of ether oxygens (including phenoxy) is 3. The number of hydrogen-bond donors (Lipinski definition) is 1. The van der Waals surface area contributed by atoms with Crippen LogP contribution in [0.4, 0.5) is 4.39 Å². The Hall–Kier alpha value is -3.91. The van der Waals surface area contributed by atoms with Gasteiger partial charge >= 0.3 is 0 Å². The van der Waals surface area contributed by atoms with Gasteiger partial charge < -0.3 is 24.4 Å². The van der Waals surface area contributed by atoms with Crippen LogP contribution in [0.25, 0.3) is 0 Å². The van der Waals surface area contributed by atoms with E-state index in [1.807, 2.05) is 44.2 Å². The van der Waals surface area contributed by atoms with Crippen LogP contribution in [0.15, 0.2) is 72.8 Å². The summed E-state index contributed by atoms with van der Waals surface area (Å²) >= 11 is 0. The second-order valence-electron chi connectivity index (χ2n) is 9.78. The summed E-state index contributed by atoms with van der Waals surface area (Å²) in [4.78, 5) is 29.1. The fraction of sp³-hybridized carbons (Fsp3) is 0.375. The number of rotatable bonds is 15. The van der Waals surface area contributed by atoms with Gasteiger partial charge in [0.05, 0.1) is 26.7 Å². The molecule has 2 amide bonds. The zero-order valence-corrected chi connectivity index (χ0v) is 23.7. The summed E-state index contributed by atoms with van der Waals surface area (Å²) in [6.07, 6.45) is 1.14. The summed E-state index contributed by atoms with van der Waals surface area (Å²) in [6, 6.07) is 20.1. The molecule has 1 unspecified atom stereocenters. The van der Waals surface area contributed by atoms with Crippen LogP contribution in [0, 0.1) is 5.82 Å². The normalized spacial score (nSPS) is 11.7. The molecule has 0 radical (unpaired) electrons. The molecule has 0 aromatic heterocycles. The maximum absolute atomic E-state index is 13.9. The molecule has 214 valence electrons. The highest BCUT2D eigenvalue weighted by Crippen LogP contribution is 2.28. The Morgan fingerprint density at radius 3 is 2.20 bits per heavy atom. The van der Waals surface area contributed by atoms with Gasteiger partial charge in [0.1, 0.15) is 11.9 Å². The standard InChI is InChI=1S/C32H39FN2O5/c1-23(2)40-18-8-17-34-32(37)28(19-24-9-6-5-7-10-24)35(22-25-11-14-27(33)15-12-25)31(36)21-26-13-16-29(38-3)30(20-26)39-4/h5-7,9-16,20,23,28H,8,17-19,21-22H2,1-4H3,(H,34,37). The van der Waals surface area contributed by atoms with Gasteiger partial charge in [-0.15, -0.1) is 0 Å². The molecule has 3 aromatic rings. The first-order valence-corrected chi connectivity index (χ1v) is 13.5. The maximum Gasteiger partial charge on any atom is 0.243 e. The first kappa shape index (κ1) is 30.6. The number of carbonyl (C=O) groups excluding carboxylic acids is 2. The van der Waals surface area contributed by atoms with Crippen molar-refractivity contribution in [1.29, 1.82) is 0 Å². The summed E-state index contributed by atoms with van der Waals surface area (Å²) < 4.78 is 30.0. The van der Waals surface area contributed by atoms with Crippen molar-refractivity contribution >= 4 is 11.8 Å². The van der Waals surface area contributed by atoms with Gasteiger partial charge in [-0.1, -0.05) is 48.5 Å². The lowest BCUT2D eigenvalue weighted by atomic mass is 10.0. The van der Waals surface area contributed by atoms with Crippen molar-refractivity contribution in [3.05, 3.63) is 95.3 Å². The summed E-state index contributed by atoms with van der Waals surface area (Å²) in [5.74, 6) is 0.214. The van der Waals surface area contributed by atoms with Crippen molar-refractivity contribution in [3.63, 3.8) is 0 Å². The molecule has 40 heavy (non-hydrogen) atoms. The first-order valence-electron chi connectivity index (χ1n) is 13.5. The Bertz CT molecular complexity index is 1220. The van der Waals surface area contributed by atoms with Crippen LogP contribution in [-0.2, 0) is 33.7 Å². The number of halogens is 1. The number of nitrogens with one attached hydrogen (secondary N) is 1. The Morgan fingerprint density at radius 1 is 0.875 bits per heavy atom. The molecule has 8 heteroatoms. The van der Waals surface area contributed by atoms with E-state index in [1.165, 1.54) is 19.2 Å². The molecular formula is C32H39FN2O5. The van der Waals surface area contributed by atoms with Crippen molar-refractivity contribution in [2.45, 2.75) is 51.8 Å². The quantitative estimate of drug-likeness (QED) is 0.271. The van der Waals surface area contributed by atoms with Gasteiger partial charge in [-0.25, -0.2) is 4.39 Å². The van der Waals surface area contributed by atoms with E-state index in [2.05, 4.69) is 5.32 Å². The summed E-state index contributed by atoms with van der Waals surface area (Å²) in [5, 5.41) is 2.99. The third-order valence-corrected chi connectivity index (χ3v) is 6.41. The molecule has 0 aliphatic heterocycles. The predicted octanol–water partition coefficient (Wildman–Crippen LogP) is 4.96. The molecule has 0 fully saturated rings. The number of hydrogen-bond acceptors (Lipinski definition) is 5. The largest absolute Gasteiger partial charge is 0.493 e. The fourth-order valence-electron chi connectivity index (χ4n) is 4.33. The van der Waals surface area contributed by atoms with E-state index in [9.17, 15) is 14.0 Å². The average Bonchev–Trinajstić information content (AvgIpc) is 2.95. The third kappa shape index (κ3) is 9.38. The Labute approximate surface area is 236 Å². The zero-order valence-electron chi connectivity index (χ0n) is 23.7. The molecule has 0 bridgehead atoms. The number of methoxy groups -OCH3 is 2. The average molecular weight is 551 g/mol. The van der Waals surface area contributed by atoms with Gasteiger partial charge in [0, 0.05) is 26.1 Å². The molecule has 0 aliphatic rings. The summed E-state index contributed by atoms with van der Waals surface area (Å²) in [5.41, 5.74) is 2.36. The number of nitrogens with zero attached hydrogens (tertiary/aromatic N) is 1. The van der Waals surface area contributed by atoms with Crippen LogP contribution in [0.5, 0.6) is 11.5 Å². The summed E-state index contributed by atoms with van der Waals surface area (Å²) in [7, 11) is 3.09. The van der Waals surface area contributed by atoms with Gasteiger partial charge in [-0.05, 0) is 61.2 Å². The topological polar surface area (TPSA) is 77.1 Å². The Kier molecular flexibility index (Phi) is 12.0. The SMILES string of the molecule is COc1ccc(CC(=O)N(Cc2ccc(F)cc2)C(Cc2ccccc2)C(=O)NCCCOC(C)C)cc1OC. The zero-order chi connectivity index (χ0) is 28.9. The lowest BCUT2D eigenvalue weighted by molar-refractivity contribution is -0.140.